The van der Waals surface area contributed by atoms with Crippen LogP contribution in [0.15, 0.2) is 18.2 Å². The molecular formula is C14H17ClN2O2. The molecule has 2 N–H and O–H groups in total. The summed E-state index contributed by atoms with van der Waals surface area (Å²) in [6.45, 7) is 3.87. The van der Waals surface area contributed by atoms with Crippen LogP contribution in [0.1, 0.15) is 33.1 Å². The van der Waals surface area contributed by atoms with Crippen molar-refractivity contribution >= 4 is 34.8 Å². The number of nitrogens with two attached hydrogens (primary N) is 1. The number of nitrogen functional groups attached to an aromatic ring is 1. The van der Waals surface area contributed by atoms with Crippen molar-refractivity contribution in [3.63, 3.8) is 0 Å². The van der Waals surface area contributed by atoms with Crippen LogP contribution in [0.5, 0.6) is 0 Å². The Balaban J connectivity index is 2.46. The van der Waals surface area contributed by atoms with E-state index in [2.05, 4.69) is 0 Å². The van der Waals surface area contributed by atoms with Gasteiger partial charge in [-0.2, -0.15) is 0 Å². The highest BCUT2D eigenvalue weighted by atomic mass is 35.5. The fourth-order valence-electron chi connectivity index (χ4n) is 2.57. The van der Waals surface area contributed by atoms with Gasteiger partial charge in [0.25, 0.3) is 0 Å². The number of anilines is 2. The Kier molecular flexibility index (Phi) is 3.54. The molecule has 1 aliphatic heterocycles. The Morgan fingerprint density at radius 2 is 1.95 bits per heavy atom. The predicted molar refractivity (Wildman–Crippen MR) is 76.0 cm³/mol. The maximum atomic E-state index is 12.6. The fraction of sp³-hybridized carbons (Fsp3) is 0.429. The second-order valence-electron chi connectivity index (χ2n) is 4.90. The van der Waals surface area contributed by atoms with E-state index in [1.165, 1.54) is 4.90 Å². The Hall–Kier alpha value is -1.55. The van der Waals surface area contributed by atoms with Gasteiger partial charge in [-0.25, -0.2) is 4.90 Å². The monoisotopic (exact) mass is 280 g/mol. The van der Waals surface area contributed by atoms with Crippen molar-refractivity contribution in [3.05, 3.63) is 23.2 Å². The maximum Gasteiger partial charge on any atom is 0.240 e. The van der Waals surface area contributed by atoms with Gasteiger partial charge in [0, 0.05) is 11.4 Å². The van der Waals surface area contributed by atoms with Gasteiger partial charge in [0.2, 0.25) is 11.8 Å². The van der Waals surface area contributed by atoms with Gasteiger partial charge in [-0.3, -0.25) is 9.59 Å². The molecule has 0 spiro atoms. The number of imide groups is 1. The first kappa shape index (κ1) is 13.9. The van der Waals surface area contributed by atoms with E-state index in [1.807, 2.05) is 13.8 Å². The van der Waals surface area contributed by atoms with Crippen molar-refractivity contribution in [2.24, 2.45) is 5.41 Å². The number of carbonyl (C=O) groups excluding carboxylic acids is 2. The minimum absolute atomic E-state index is 0.156. The fourth-order valence-corrected chi connectivity index (χ4v) is 2.75. The molecule has 0 saturated carbocycles. The van der Waals surface area contributed by atoms with Crippen LogP contribution in [0.4, 0.5) is 11.4 Å². The minimum Gasteiger partial charge on any atom is -0.397 e. The molecule has 1 aromatic carbocycles. The van der Waals surface area contributed by atoms with E-state index >= 15 is 0 Å². The zero-order chi connectivity index (χ0) is 14.2. The third-order valence-corrected chi connectivity index (χ3v) is 4.21. The molecule has 1 aliphatic rings. The highest BCUT2D eigenvalue weighted by molar-refractivity contribution is 6.31. The highest BCUT2D eigenvalue weighted by Gasteiger charge is 2.49. The largest absolute Gasteiger partial charge is 0.397 e. The topological polar surface area (TPSA) is 63.4 Å². The SMILES string of the molecule is CCC1(CC)CC(=O)N(c2ccc(Cl)cc2N)C1=O. The number of hydrogen-bond donors (Lipinski definition) is 1. The van der Waals surface area contributed by atoms with Crippen molar-refractivity contribution in [1.82, 2.24) is 0 Å². The van der Waals surface area contributed by atoms with E-state index in [4.69, 9.17) is 17.3 Å². The molecule has 5 heteroatoms. The van der Waals surface area contributed by atoms with Crippen LogP contribution in [-0.2, 0) is 9.59 Å². The van der Waals surface area contributed by atoms with E-state index in [1.54, 1.807) is 18.2 Å². The average molecular weight is 281 g/mol. The molecule has 1 aromatic rings. The minimum atomic E-state index is -0.580. The molecule has 2 rings (SSSR count). The molecule has 0 unspecified atom stereocenters. The summed E-state index contributed by atoms with van der Waals surface area (Å²) in [6, 6.07) is 4.80. The van der Waals surface area contributed by atoms with E-state index in [-0.39, 0.29) is 18.2 Å². The smallest absolute Gasteiger partial charge is 0.240 e. The summed E-state index contributed by atoms with van der Waals surface area (Å²) in [5, 5.41) is 0.484. The van der Waals surface area contributed by atoms with Crippen molar-refractivity contribution in [2.45, 2.75) is 33.1 Å². The lowest BCUT2D eigenvalue weighted by Crippen LogP contribution is -2.35. The van der Waals surface area contributed by atoms with Crippen molar-refractivity contribution in [3.8, 4) is 0 Å². The average Bonchev–Trinajstić information content (AvgIpc) is 2.62. The number of carbonyl (C=O) groups is 2. The molecule has 0 aliphatic carbocycles. The van der Waals surface area contributed by atoms with E-state index < -0.39 is 5.41 Å². The Labute approximate surface area is 117 Å². The standard InChI is InChI=1S/C14H17ClN2O2/c1-3-14(4-2)8-12(18)17(13(14)19)11-6-5-9(15)7-10(11)16/h5-7H,3-4,8,16H2,1-2H3. The lowest BCUT2D eigenvalue weighted by atomic mass is 9.81. The highest BCUT2D eigenvalue weighted by Crippen LogP contribution is 2.42. The number of hydrogen-bond acceptors (Lipinski definition) is 3. The molecule has 1 heterocycles. The summed E-state index contributed by atoms with van der Waals surface area (Å²) in [5.74, 6) is -0.348. The van der Waals surface area contributed by atoms with Crippen molar-refractivity contribution in [1.29, 1.82) is 0 Å². The lowest BCUT2D eigenvalue weighted by Gasteiger charge is -2.24. The van der Waals surface area contributed by atoms with Crippen LogP contribution in [0.25, 0.3) is 0 Å². The summed E-state index contributed by atoms with van der Waals surface area (Å²) in [7, 11) is 0. The van der Waals surface area contributed by atoms with Gasteiger partial charge in [0.1, 0.15) is 0 Å². The Morgan fingerprint density at radius 3 is 2.42 bits per heavy atom. The van der Waals surface area contributed by atoms with Crippen LogP contribution in [0.3, 0.4) is 0 Å². The van der Waals surface area contributed by atoms with Gasteiger partial charge in [-0.1, -0.05) is 25.4 Å². The molecule has 2 amide bonds. The zero-order valence-electron chi connectivity index (χ0n) is 11.1. The van der Waals surface area contributed by atoms with Crippen LogP contribution in [-0.4, -0.2) is 11.8 Å². The summed E-state index contributed by atoms with van der Waals surface area (Å²) >= 11 is 5.84. The molecule has 0 aromatic heterocycles. The Bertz CT molecular complexity index is 538. The molecule has 0 atom stereocenters. The van der Waals surface area contributed by atoms with Gasteiger partial charge in [0.15, 0.2) is 0 Å². The number of amides is 2. The normalized spacial score (nSPS) is 18.2. The van der Waals surface area contributed by atoms with Crippen LogP contribution >= 0.6 is 11.6 Å². The van der Waals surface area contributed by atoms with Crippen molar-refractivity contribution in [2.75, 3.05) is 10.6 Å². The zero-order valence-corrected chi connectivity index (χ0v) is 11.8. The van der Waals surface area contributed by atoms with E-state index in [0.29, 0.717) is 29.2 Å². The molecule has 0 radical (unpaired) electrons. The third-order valence-electron chi connectivity index (χ3n) is 3.98. The lowest BCUT2D eigenvalue weighted by molar-refractivity contribution is -0.126. The van der Waals surface area contributed by atoms with Crippen molar-refractivity contribution < 1.29 is 9.59 Å². The number of halogens is 1. The van der Waals surface area contributed by atoms with Crippen LogP contribution < -0.4 is 10.6 Å². The van der Waals surface area contributed by atoms with E-state index in [9.17, 15) is 9.59 Å². The maximum absolute atomic E-state index is 12.6. The summed E-state index contributed by atoms with van der Waals surface area (Å²) in [4.78, 5) is 25.9. The van der Waals surface area contributed by atoms with Crippen LogP contribution in [0.2, 0.25) is 5.02 Å². The summed E-state index contributed by atoms with van der Waals surface area (Å²) in [5.41, 5.74) is 6.06. The summed E-state index contributed by atoms with van der Waals surface area (Å²) in [6.07, 6.45) is 1.55. The first-order chi connectivity index (χ1) is 8.95. The number of nitrogens with zero attached hydrogens (tertiary/aromatic N) is 1. The second-order valence-corrected chi connectivity index (χ2v) is 5.34. The van der Waals surface area contributed by atoms with Gasteiger partial charge in [-0.05, 0) is 31.0 Å². The van der Waals surface area contributed by atoms with Gasteiger partial charge < -0.3 is 5.73 Å². The molecule has 19 heavy (non-hydrogen) atoms. The molecule has 0 bridgehead atoms. The van der Waals surface area contributed by atoms with Gasteiger partial charge >= 0.3 is 0 Å². The summed E-state index contributed by atoms with van der Waals surface area (Å²) < 4.78 is 0. The molecule has 4 nitrogen and oxygen atoms in total. The van der Waals surface area contributed by atoms with Gasteiger partial charge in [-0.15, -0.1) is 0 Å². The number of benzene rings is 1. The van der Waals surface area contributed by atoms with Gasteiger partial charge in [0.05, 0.1) is 16.8 Å². The third kappa shape index (κ3) is 2.10. The molecule has 1 saturated heterocycles. The van der Waals surface area contributed by atoms with E-state index in [0.717, 1.165) is 0 Å². The van der Waals surface area contributed by atoms with Crippen LogP contribution in [0, 0.1) is 5.41 Å². The first-order valence-corrected chi connectivity index (χ1v) is 6.75. The first-order valence-electron chi connectivity index (χ1n) is 6.37. The predicted octanol–water partition coefficient (Wildman–Crippen LogP) is 2.99. The second kappa shape index (κ2) is 4.85. The molecular weight excluding hydrogens is 264 g/mol. The molecule has 1 fully saturated rings. The molecule has 102 valence electrons. The number of rotatable bonds is 3. The quantitative estimate of drug-likeness (QED) is 0.684. The Morgan fingerprint density at radius 1 is 1.32 bits per heavy atom.